The Morgan fingerprint density at radius 2 is 1.78 bits per heavy atom. The summed E-state index contributed by atoms with van der Waals surface area (Å²) in [5.74, 6) is -0.189. The zero-order valence-electron chi connectivity index (χ0n) is 24.6. The molecule has 6 nitrogen and oxygen atoms in total. The maximum atomic E-state index is 13.1. The summed E-state index contributed by atoms with van der Waals surface area (Å²) in [7, 11) is 0. The summed E-state index contributed by atoms with van der Waals surface area (Å²) in [5.41, 5.74) is 3.13. The van der Waals surface area contributed by atoms with E-state index in [9.17, 15) is 25.2 Å². The van der Waals surface area contributed by atoms with Crippen LogP contribution >= 0.6 is 0 Å². The molecule has 218 valence electrons. The first-order chi connectivity index (χ1) is 19.3. The fraction of sp³-hybridized carbons (Fsp3) is 0.457. The molecular weight excluding hydrogens is 516 g/mol. The fourth-order valence-electron chi connectivity index (χ4n) is 7.94. The van der Waals surface area contributed by atoms with Gasteiger partial charge in [0.25, 0.3) is 0 Å². The molecule has 6 heteroatoms. The third kappa shape index (κ3) is 5.13. The minimum absolute atomic E-state index is 0.0258. The van der Waals surface area contributed by atoms with E-state index in [4.69, 9.17) is 4.42 Å². The number of aromatic hydroxyl groups is 4. The Kier molecular flexibility index (Phi) is 7.47. The highest BCUT2D eigenvalue weighted by Gasteiger charge is 2.52. The van der Waals surface area contributed by atoms with E-state index in [1.54, 1.807) is 0 Å². The molecule has 0 unspecified atom stereocenters. The highest BCUT2D eigenvalue weighted by molar-refractivity contribution is 5.91. The molecule has 0 saturated heterocycles. The van der Waals surface area contributed by atoms with Crippen LogP contribution in [0.25, 0.3) is 22.3 Å². The first kappa shape index (κ1) is 28.8. The van der Waals surface area contributed by atoms with Crippen LogP contribution in [0.2, 0.25) is 0 Å². The van der Waals surface area contributed by atoms with Gasteiger partial charge in [0.2, 0.25) is 11.2 Å². The Morgan fingerprint density at radius 1 is 1.07 bits per heavy atom. The van der Waals surface area contributed by atoms with E-state index in [0.717, 1.165) is 25.3 Å². The van der Waals surface area contributed by atoms with Gasteiger partial charge in [-0.2, -0.15) is 0 Å². The molecule has 0 amide bonds. The predicted molar refractivity (Wildman–Crippen MR) is 162 cm³/mol. The molecule has 0 bridgehead atoms. The smallest absolute Gasteiger partial charge is 0.238 e. The Labute approximate surface area is 241 Å². The molecule has 1 heterocycles. The van der Waals surface area contributed by atoms with Gasteiger partial charge in [-0.3, -0.25) is 4.79 Å². The lowest BCUT2D eigenvalue weighted by Gasteiger charge is -2.58. The molecule has 2 aliphatic carbocycles. The number of benzene rings is 2. The highest BCUT2D eigenvalue weighted by atomic mass is 16.4. The maximum absolute atomic E-state index is 13.1. The lowest BCUT2D eigenvalue weighted by atomic mass is 9.47. The largest absolute Gasteiger partial charge is 0.508 e. The number of phenols is 3. The van der Waals surface area contributed by atoms with E-state index < -0.39 is 16.9 Å². The van der Waals surface area contributed by atoms with Gasteiger partial charge in [-0.25, -0.2) is 0 Å². The van der Waals surface area contributed by atoms with Crippen molar-refractivity contribution in [3.63, 3.8) is 0 Å². The Bertz CT molecular complexity index is 1580. The summed E-state index contributed by atoms with van der Waals surface area (Å²) >= 11 is 0. The van der Waals surface area contributed by atoms with Crippen LogP contribution in [0.15, 0.2) is 63.3 Å². The van der Waals surface area contributed by atoms with Gasteiger partial charge in [0.15, 0.2) is 5.76 Å². The number of phenolic OH excluding ortho intramolecular Hbond substituents is 3. The van der Waals surface area contributed by atoms with Crippen molar-refractivity contribution >= 4 is 11.0 Å². The van der Waals surface area contributed by atoms with Crippen molar-refractivity contribution in [2.75, 3.05) is 0 Å². The summed E-state index contributed by atoms with van der Waals surface area (Å²) in [6.07, 6.45) is 10.4. The fourth-order valence-corrected chi connectivity index (χ4v) is 7.94. The van der Waals surface area contributed by atoms with Crippen LogP contribution < -0.4 is 5.43 Å². The molecule has 2 aliphatic rings. The zero-order chi connectivity index (χ0) is 29.7. The van der Waals surface area contributed by atoms with Crippen molar-refractivity contribution in [3.8, 4) is 34.3 Å². The maximum Gasteiger partial charge on any atom is 0.238 e. The normalized spacial score (nSPS) is 24.4. The zero-order valence-corrected chi connectivity index (χ0v) is 24.6. The van der Waals surface area contributed by atoms with E-state index in [1.165, 1.54) is 61.1 Å². The van der Waals surface area contributed by atoms with E-state index in [-0.39, 0.29) is 40.1 Å². The van der Waals surface area contributed by atoms with Gasteiger partial charge in [-0.1, -0.05) is 51.0 Å². The second-order valence-corrected chi connectivity index (χ2v) is 13.2. The lowest BCUT2D eigenvalue weighted by molar-refractivity contribution is -0.0539. The van der Waals surface area contributed by atoms with Crippen LogP contribution in [-0.2, 0) is 6.42 Å². The first-order valence-corrected chi connectivity index (χ1v) is 14.7. The molecule has 0 aliphatic heterocycles. The van der Waals surface area contributed by atoms with E-state index in [2.05, 4.69) is 34.3 Å². The van der Waals surface area contributed by atoms with Crippen molar-refractivity contribution in [2.24, 2.45) is 22.7 Å². The topological polar surface area (TPSA) is 111 Å². The molecule has 2 saturated carbocycles. The van der Waals surface area contributed by atoms with E-state index in [0.29, 0.717) is 28.4 Å². The molecule has 1 aromatic heterocycles. The summed E-state index contributed by atoms with van der Waals surface area (Å²) in [6, 6.07) is 7.00. The van der Waals surface area contributed by atoms with Crippen LogP contribution in [0.1, 0.15) is 78.2 Å². The van der Waals surface area contributed by atoms with Crippen LogP contribution in [0.4, 0.5) is 0 Å². The van der Waals surface area contributed by atoms with Crippen molar-refractivity contribution in [2.45, 2.75) is 79.1 Å². The highest BCUT2D eigenvalue weighted by Crippen LogP contribution is 2.61. The van der Waals surface area contributed by atoms with Gasteiger partial charge in [0, 0.05) is 17.2 Å². The molecule has 0 spiro atoms. The third-order valence-corrected chi connectivity index (χ3v) is 10.1. The second kappa shape index (κ2) is 10.6. The summed E-state index contributed by atoms with van der Waals surface area (Å²) in [5, 5.41) is 41.3. The number of rotatable bonds is 6. The number of hydrogen-bond donors (Lipinski definition) is 4. The molecule has 2 fully saturated rings. The number of allylic oxidation sites excluding steroid dienone is 3. The minimum atomic E-state index is -0.789. The quantitative estimate of drug-likeness (QED) is 0.226. The van der Waals surface area contributed by atoms with Crippen LogP contribution in [0.5, 0.6) is 23.0 Å². The molecule has 3 aromatic rings. The Morgan fingerprint density at radius 3 is 2.49 bits per heavy atom. The summed E-state index contributed by atoms with van der Waals surface area (Å²) in [4.78, 5) is 13.1. The average molecular weight is 559 g/mol. The van der Waals surface area contributed by atoms with Crippen molar-refractivity contribution in [3.05, 3.63) is 69.9 Å². The van der Waals surface area contributed by atoms with E-state index in [1.807, 2.05) is 6.08 Å². The van der Waals surface area contributed by atoms with Gasteiger partial charge in [-0.05, 0) is 98.8 Å². The second-order valence-electron chi connectivity index (χ2n) is 13.2. The molecule has 4 N–H and O–H groups in total. The summed E-state index contributed by atoms with van der Waals surface area (Å²) < 4.78 is 5.99. The Hall–Kier alpha value is -3.67. The Balaban J connectivity index is 1.43. The van der Waals surface area contributed by atoms with Crippen LogP contribution in [0, 0.1) is 22.7 Å². The van der Waals surface area contributed by atoms with Crippen molar-refractivity contribution in [1.29, 1.82) is 0 Å². The van der Waals surface area contributed by atoms with Gasteiger partial charge in [0.05, 0.1) is 0 Å². The molecular formula is C35H42O6. The van der Waals surface area contributed by atoms with Gasteiger partial charge >= 0.3 is 0 Å². The number of hydrogen-bond acceptors (Lipinski definition) is 6. The minimum Gasteiger partial charge on any atom is -0.508 e. The first-order valence-electron chi connectivity index (χ1n) is 14.7. The predicted octanol–water partition coefficient (Wildman–Crippen LogP) is 8.35. The average Bonchev–Trinajstić information content (AvgIpc) is 2.89. The lowest BCUT2D eigenvalue weighted by Crippen LogP contribution is -2.49. The molecule has 0 radical (unpaired) electrons. The van der Waals surface area contributed by atoms with Gasteiger partial charge < -0.3 is 24.8 Å². The van der Waals surface area contributed by atoms with Crippen molar-refractivity contribution < 1.29 is 24.8 Å². The van der Waals surface area contributed by atoms with Crippen LogP contribution in [0.3, 0.4) is 0 Å². The van der Waals surface area contributed by atoms with Crippen LogP contribution in [-0.4, -0.2) is 20.4 Å². The molecule has 3 atom stereocenters. The molecule has 2 aromatic carbocycles. The monoisotopic (exact) mass is 558 g/mol. The summed E-state index contributed by atoms with van der Waals surface area (Å²) in [6.45, 7) is 13.9. The standard InChI is InChI=1S/C35H42O6/c1-20(8-15-25-21(2)9-16-28-34(3,4)17-6-18-35(25,28)5)7-14-24-26(37)19-27(38)29-30(39)31(40)32(41-33(24)29)22-10-12-23(36)13-11-22/h7,10-13,19,25,28,36-38,40H,2,6,8-9,14-18H2,1,3-5H3/b20-7+/t25-,28-,35+/m0/s1. The van der Waals surface area contributed by atoms with Gasteiger partial charge in [0.1, 0.15) is 28.2 Å². The SMILES string of the molecule is C=C1CC[C@H]2C(C)(C)CCC[C@]2(C)[C@H]1CC/C(C)=C/Cc1c(O)cc(O)c2c(=O)c(O)c(-c3ccc(O)cc3)oc12. The number of fused-ring (bicyclic) bond motifs is 2. The van der Waals surface area contributed by atoms with Gasteiger partial charge in [-0.15, -0.1) is 0 Å². The van der Waals surface area contributed by atoms with E-state index >= 15 is 0 Å². The third-order valence-electron chi connectivity index (χ3n) is 10.1. The van der Waals surface area contributed by atoms with Crippen molar-refractivity contribution in [1.82, 2.24) is 0 Å². The molecule has 5 rings (SSSR count). The molecule has 41 heavy (non-hydrogen) atoms.